The van der Waals surface area contributed by atoms with E-state index in [9.17, 15) is 4.79 Å². The largest absolute Gasteiger partial charge is 0.443 e. The van der Waals surface area contributed by atoms with Crippen LogP contribution in [0.4, 0.5) is 4.79 Å². The molecule has 0 spiro atoms. The third kappa shape index (κ3) is 2.64. The van der Waals surface area contributed by atoms with Crippen LogP contribution in [0.15, 0.2) is 35.4 Å². The molecule has 0 saturated heterocycles. The van der Waals surface area contributed by atoms with Crippen molar-refractivity contribution in [1.29, 1.82) is 0 Å². The van der Waals surface area contributed by atoms with Crippen molar-refractivity contribution in [1.82, 2.24) is 4.57 Å². The van der Waals surface area contributed by atoms with E-state index in [0.717, 1.165) is 15.8 Å². The first kappa shape index (κ1) is 12.0. The average molecular weight is 249 g/mol. The number of hydrogen-bond acceptors (Lipinski definition) is 3. The molecule has 17 heavy (non-hydrogen) atoms. The first-order chi connectivity index (χ1) is 7.87. The summed E-state index contributed by atoms with van der Waals surface area (Å²) in [5.74, 6) is 0. The molecule has 90 valence electrons. The first-order valence-electron chi connectivity index (χ1n) is 5.40. The monoisotopic (exact) mass is 249 g/mol. The maximum Gasteiger partial charge on any atom is 0.418 e. The van der Waals surface area contributed by atoms with E-state index in [1.54, 1.807) is 6.20 Å². The predicted molar refractivity (Wildman–Crippen MR) is 70.8 cm³/mol. The Morgan fingerprint density at radius 1 is 1.29 bits per heavy atom. The lowest BCUT2D eigenvalue weighted by atomic mass is 10.2. The second-order valence-corrected chi connectivity index (χ2v) is 5.43. The van der Waals surface area contributed by atoms with Gasteiger partial charge in [-0.15, -0.1) is 12.6 Å². The zero-order valence-corrected chi connectivity index (χ0v) is 11.0. The van der Waals surface area contributed by atoms with Crippen molar-refractivity contribution in [2.75, 3.05) is 0 Å². The summed E-state index contributed by atoms with van der Waals surface area (Å²) in [6.07, 6.45) is 1.35. The van der Waals surface area contributed by atoms with Crippen molar-refractivity contribution in [2.45, 2.75) is 31.3 Å². The molecule has 0 aliphatic rings. The van der Waals surface area contributed by atoms with Crippen LogP contribution < -0.4 is 0 Å². The summed E-state index contributed by atoms with van der Waals surface area (Å²) >= 11 is 4.27. The summed E-state index contributed by atoms with van der Waals surface area (Å²) in [5.41, 5.74) is 0.318. The highest BCUT2D eigenvalue weighted by Crippen LogP contribution is 2.21. The second kappa shape index (κ2) is 4.11. The summed E-state index contributed by atoms with van der Waals surface area (Å²) in [5, 5.41) is 0.994. The van der Waals surface area contributed by atoms with E-state index < -0.39 is 5.60 Å². The number of ether oxygens (including phenoxy) is 1. The van der Waals surface area contributed by atoms with E-state index in [0.29, 0.717) is 0 Å². The molecule has 0 bridgehead atoms. The number of hydrogen-bond donors (Lipinski definition) is 1. The molecule has 0 amide bonds. The number of fused-ring (bicyclic) bond motifs is 1. The van der Waals surface area contributed by atoms with Gasteiger partial charge < -0.3 is 4.74 Å². The van der Waals surface area contributed by atoms with Crippen LogP contribution in [0.1, 0.15) is 20.8 Å². The minimum atomic E-state index is -0.494. The smallest absolute Gasteiger partial charge is 0.418 e. The van der Waals surface area contributed by atoms with E-state index in [2.05, 4.69) is 12.6 Å². The Bertz CT molecular complexity index is 566. The van der Waals surface area contributed by atoms with Crippen molar-refractivity contribution < 1.29 is 9.53 Å². The molecule has 0 aliphatic carbocycles. The number of carbonyl (C=O) groups is 1. The molecule has 0 N–H and O–H groups in total. The van der Waals surface area contributed by atoms with Crippen LogP contribution in [0.3, 0.4) is 0 Å². The fraction of sp³-hybridized carbons (Fsp3) is 0.308. The molecule has 0 saturated carbocycles. The maximum absolute atomic E-state index is 12.0. The van der Waals surface area contributed by atoms with Crippen molar-refractivity contribution in [3.63, 3.8) is 0 Å². The molecule has 0 atom stereocenters. The van der Waals surface area contributed by atoms with Crippen molar-refractivity contribution >= 4 is 29.6 Å². The highest BCUT2D eigenvalue weighted by Gasteiger charge is 2.18. The molecule has 0 aliphatic heterocycles. The zero-order valence-electron chi connectivity index (χ0n) is 10.1. The molecule has 0 unspecified atom stereocenters. The van der Waals surface area contributed by atoms with E-state index in [1.807, 2.05) is 45.0 Å². The van der Waals surface area contributed by atoms with Gasteiger partial charge in [-0.2, -0.15) is 0 Å². The van der Waals surface area contributed by atoms with Crippen LogP contribution in [-0.2, 0) is 4.74 Å². The molecular formula is C13H15NO2S. The standard InChI is InChI=1S/C13H15NO2S/c1-13(2,3)16-12(15)14-7-6-9-4-5-10(17)8-11(9)14/h4-8,17H,1-3H3. The quantitative estimate of drug-likeness (QED) is 0.722. The van der Waals surface area contributed by atoms with Gasteiger partial charge in [0.25, 0.3) is 0 Å². The van der Waals surface area contributed by atoms with Crippen molar-refractivity contribution in [2.24, 2.45) is 0 Å². The Kier molecular flexibility index (Phi) is 2.91. The number of benzene rings is 1. The lowest BCUT2D eigenvalue weighted by Crippen LogP contribution is -2.26. The van der Waals surface area contributed by atoms with Gasteiger partial charge in [0.2, 0.25) is 0 Å². The Labute approximate surface area is 106 Å². The lowest BCUT2D eigenvalue weighted by molar-refractivity contribution is 0.0544. The zero-order chi connectivity index (χ0) is 12.6. The van der Waals surface area contributed by atoms with Gasteiger partial charge in [-0.3, -0.25) is 4.57 Å². The molecule has 4 heteroatoms. The van der Waals surface area contributed by atoms with Crippen LogP contribution in [0.5, 0.6) is 0 Å². The molecule has 0 radical (unpaired) electrons. The van der Waals surface area contributed by atoms with Crippen LogP contribution in [0.25, 0.3) is 10.9 Å². The molecule has 2 aromatic rings. The summed E-state index contributed by atoms with van der Waals surface area (Å²) in [7, 11) is 0. The molecular weight excluding hydrogens is 234 g/mol. The van der Waals surface area contributed by atoms with E-state index in [-0.39, 0.29) is 6.09 Å². The van der Waals surface area contributed by atoms with Gasteiger partial charge in [0, 0.05) is 16.5 Å². The summed E-state index contributed by atoms with van der Waals surface area (Å²) in [4.78, 5) is 12.8. The third-order valence-corrected chi connectivity index (χ3v) is 2.55. The number of rotatable bonds is 0. The Morgan fingerprint density at radius 2 is 2.00 bits per heavy atom. The van der Waals surface area contributed by atoms with Gasteiger partial charge in [-0.05, 0) is 39.0 Å². The topological polar surface area (TPSA) is 31.2 Å². The molecule has 1 aromatic heterocycles. The van der Waals surface area contributed by atoms with E-state index in [1.165, 1.54) is 4.57 Å². The van der Waals surface area contributed by atoms with Crippen molar-refractivity contribution in [3.05, 3.63) is 30.5 Å². The average Bonchev–Trinajstić information content (AvgIpc) is 2.57. The first-order valence-corrected chi connectivity index (χ1v) is 5.85. The lowest BCUT2D eigenvalue weighted by Gasteiger charge is -2.19. The molecule has 1 aromatic carbocycles. The fourth-order valence-electron chi connectivity index (χ4n) is 1.59. The van der Waals surface area contributed by atoms with Crippen molar-refractivity contribution in [3.8, 4) is 0 Å². The SMILES string of the molecule is CC(C)(C)OC(=O)n1ccc2ccc(S)cc21. The minimum absolute atomic E-state index is 0.369. The number of thiol groups is 1. The van der Waals surface area contributed by atoms with E-state index in [4.69, 9.17) is 4.74 Å². The van der Waals surface area contributed by atoms with Gasteiger partial charge in [0.1, 0.15) is 5.60 Å². The maximum atomic E-state index is 12.0. The van der Waals surface area contributed by atoms with E-state index >= 15 is 0 Å². The minimum Gasteiger partial charge on any atom is -0.443 e. The Morgan fingerprint density at radius 3 is 2.65 bits per heavy atom. The normalized spacial score (nSPS) is 11.8. The fourth-order valence-corrected chi connectivity index (χ4v) is 1.78. The number of nitrogens with zero attached hydrogens (tertiary/aromatic N) is 1. The summed E-state index contributed by atoms with van der Waals surface area (Å²) in [6.45, 7) is 5.54. The predicted octanol–water partition coefficient (Wildman–Crippen LogP) is 3.71. The molecule has 2 rings (SSSR count). The highest BCUT2D eigenvalue weighted by molar-refractivity contribution is 7.80. The summed E-state index contributed by atoms with van der Waals surface area (Å²) < 4.78 is 6.83. The Balaban J connectivity index is 2.42. The van der Waals surface area contributed by atoms with Gasteiger partial charge in [0.05, 0.1) is 5.52 Å². The second-order valence-electron chi connectivity index (χ2n) is 4.91. The van der Waals surface area contributed by atoms with Crippen LogP contribution in [-0.4, -0.2) is 16.3 Å². The van der Waals surface area contributed by atoms with Crippen LogP contribution in [0, 0.1) is 0 Å². The van der Waals surface area contributed by atoms with Gasteiger partial charge >= 0.3 is 6.09 Å². The van der Waals surface area contributed by atoms with Gasteiger partial charge in [-0.1, -0.05) is 6.07 Å². The highest BCUT2D eigenvalue weighted by atomic mass is 32.1. The third-order valence-electron chi connectivity index (χ3n) is 2.27. The Hall–Kier alpha value is -1.42. The van der Waals surface area contributed by atoms with Gasteiger partial charge in [-0.25, -0.2) is 4.79 Å². The number of aromatic nitrogens is 1. The molecule has 0 fully saturated rings. The molecule has 3 nitrogen and oxygen atoms in total. The van der Waals surface area contributed by atoms with Gasteiger partial charge in [0.15, 0.2) is 0 Å². The summed E-state index contributed by atoms with van der Waals surface area (Å²) in [6, 6.07) is 7.55. The van der Waals surface area contributed by atoms with Crippen LogP contribution in [0.2, 0.25) is 0 Å². The van der Waals surface area contributed by atoms with Crippen LogP contribution >= 0.6 is 12.6 Å². The number of carbonyl (C=O) groups excluding carboxylic acids is 1. The molecule has 1 heterocycles.